The third-order valence-electron chi connectivity index (χ3n) is 4.91. The molecule has 1 aromatic rings. The number of benzene rings is 1. The summed E-state index contributed by atoms with van der Waals surface area (Å²) in [5.74, 6) is 0.303. The summed E-state index contributed by atoms with van der Waals surface area (Å²) in [6.45, 7) is 0.788. The molecule has 7 heteroatoms. The molecule has 1 N–H and O–H groups in total. The zero-order valence-electron chi connectivity index (χ0n) is 12.8. The molecule has 3 unspecified atom stereocenters. The van der Waals surface area contributed by atoms with Crippen LogP contribution in [-0.2, 0) is 21.5 Å². The molecule has 0 spiro atoms. The van der Waals surface area contributed by atoms with E-state index in [0.717, 1.165) is 18.4 Å². The molecule has 0 aromatic heterocycles. The molecule has 23 heavy (non-hydrogen) atoms. The van der Waals surface area contributed by atoms with Gasteiger partial charge in [0.25, 0.3) is 10.1 Å². The number of ether oxygens (including phenoxy) is 1. The van der Waals surface area contributed by atoms with Crippen LogP contribution in [0.4, 0.5) is 4.79 Å². The van der Waals surface area contributed by atoms with E-state index in [1.807, 2.05) is 30.3 Å². The van der Waals surface area contributed by atoms with Crippen LogP contribution in [0.3, 0.4) is 0 Å². The molecule has 6 nitrogen and oxygen atoms in total. The highest BCUT2D eigenvalue weighted by atomic mass is 32.2. The van der Waals surface area contributed by atoms with Crippen molar-refractivity contribution in [1.82, 2.24) is 4.90 Å². The lowest BCUT2D eigenvalue weighted by atomic mass is 9.85. The number of hydrogen-bond acceptors (Lipinski definition) is 4. The van der Waals surface area contributed by atoms with Gasteiger partial charge in [-0.2, -0.15) is 8.42 Å². The van der Waals surface area contributed by atoms with Crippen molar-refractivity contribution in [3.05, 3.63) is 35.9 Å². The number of carbonyl (C=O) groups is 1. The van der Waals surface area contributed by atoms with Crippen LogP contribution in [0.1, 0.15) is 31.2 Å². The maximum Gasteiger partial charge on any atom is 0.410 e. The van der Waals surface area contributed by atoms with Gasteiger partial charge in [-0.3, -0.25) is 4.55 Å². The fraction of sp³-hybridized carbons (Fsp3) is 0.562. The van der Waals surface area contributed by atoms with Crippen LogP contribution >= 0.6 is 0 Å². The number of carbonyl (C=O) groups excluding carboxylic acids is 1. The van der Waals surface area contributed by atoms with E-state index in [2.05, 4.69) is 0 Å². The normalized spacial score (nSPS) is 27.5. The van der Waals surface area contributed by atoms with Crippen LogP contribution < -0.4 is 0 Å². The summed E-state index contributed by atoms with van der Waals surface area (Å²) in [6.07, 6.45) is 1.94. The predicted octanol–water partition coefficient (Wildman–Crippen LogP) is 2.45. The molecular weight excluding hydrogens is 318 g/mol. The van der Waals surface area contributed by atoms with E-state index < -0.39 is 21.5 Å². The maximum atomic E-state index is 12.3. The van der Waals surface area contributed by atoms with Crippen molar-refractivity contribution < 1.29 is 22.5 Å². The van der Waals surface area contributed by atoms with Crippen molar-refractivity contribution in [1.29, 1.82) is 0 Å². The summed E-state index contributed by atoms with van der Waals surface area (Å²) in [5, 5.41) is -0.772. The molecule has 1 saturated carbocycles. The van der Waals surface area contributed by atoms with Gasteiger partial charge in [0.15, 0.2) is 0 Å². The molecule has 0 radical (unpaired) electrons. The van der Waals surface area contributed by atoms with E-state index in [1.54, 1.807) is 4.90 Å². The van der Waals surface area contributed by atoms with Gasteiger partial charge in [0, 0.05) is 12.6 Å². The summed E-state index contributed by atoms with van der Waals surface area (Å²) < 4.78 is 37.4. The lowest BCUT2D eigenvalue weighted by Crippen LogP contribution is -2.44. The number of fused-ring (bicyclic) bond motifs is 1. The lowest BCUT2D eigenvalue weighted by Gasteiger charge is -2.34. The first-order valence-corrected chi connectivity index (χ1v) is 9.39. The predicted molar refractivity (Wildman–Crippen MR) is 84.4 cm³/mol. The van der Waals surface area contributed by atoms with E-state index in [-0.39, 0.29) is 12.6 Å². The zero-order valence-corrected chi connectivity index (χ0v) is 13.6. The molecule has 3 atom stereocenters. The maximum absolute atomic E-state index is 12.3. The summed E-state index contributed by atoms with van der Waals surface area (Å²) in [7, 11) is -4.05. The van der Waals surface area contributed by atoms with Gasteiger partial charge >= 0.3 is 6.09 Å². The number of likely N-dealkylation sites (tertiary alicyclic amines) is 1. The first kappa shape index (κ1) is 16.3. The van der Waals surface area contributed by atoms with Gasteiger partial charge in [0.05, 0.1) is 5.25 Å². The smallest absolute Gasteiger partial charge is 0.410 e. The van der Waals surface area contributed by atoms with E-state index in [1.165, 1.54) is 0 Å². The molecule has 1 heterocycles. The summed E-state index contributed by atoms with van der Waals surface area (Å²) in [5.41, 5.74) is 0.913. The van der Waals surface area contributed by atoms with Crippen LogP contribution in [0, 0.1) is 5.92 Å². The monoisotopic (exact) mass is 339 g/mol. The molecule has 1 aromatic carbocycles. The fourth-order valence-corrected chi connectivity index (χ4v) is 4.53. The van der Waals surface area contributed by atoms with Crippen molar-refractivity contribution in [3.8, 4) is 0 Å². The van der Waals surface area contributed by atoms with Gasteiger partial charge < -0.3 is 9.64 Å². The molecular formula is C16H21NO5S. The molecule has 126 valence electrons. The summed E-state index contributed by atoms with van der Waals surface area (Å²) >= 11 is 0. The third-order valence-corrected chi connectivity index (χ3v) is 6.18. The Morgan fingerprint density at radius 1 is 1.22 bits per heavy atom. The van der Waals surface area contributed by atoms with Crippen molar-refractivity contribution in [2.45, 2.75) is 43.6 Å². The largest absolute Gasteiger partial charge is 0.445 e. The second-order valence-corrected chi connectivity index (χ2v) is 8.00. The Hall–Kier alpha value is -1.60. The van der Waals surface area contributed by atoms with Gasteiger partial charge in [-0.15, -0.1) is 0 Å². The van der Waals surface area contributed by atoms with Crippen LogP contribution in [0.15, 0.2) is 30.3 Å². The van der Waals surface area contributed by atoms with Crippen molar-refractivity contribution >= 4 is 16.2 Å². The first-order chi connectivity index (χ1) is 10.9. The molecule has 2 aliphatic rings. The van der Waals surface area contributed by atoms with Crippen LogP contribution in [0.2, 0.25) is 0 Å². The highest BCUT2D eigenvalue weighted by Gasteiger charge is 2.44. The van der Waals surface area contributed by atoms with Crippen molar-refractivity contribution in [3.63, 3.8) is 0 Å². The highest BCUT2D eigenvalue weighted by molar-refractivity contribution is 7.86. The SMILES string of the molecule is O=C(OCc1ccccc1)N1CCC2CCC(S(=O)(=O)O)CC21. The Morgan fingerprint density at radius 3 is 2.65 bits per heavy atom. The molecule has 3 rings (SSSR count). The topological polar surface area (TPSA) is 83.9 Å². The number of rotatable bonds is 3. The molecule has 2 fully saturated rings. The second-order valence-electron chi connectivity index (χ2n) is 6.30. The first-order valence-electron chi connectivity index (χ1n) is 7.89. The minimum absolute atomic E-state index is 0.154. The number of hydrogen-bond donors (Lipinski definition) is 1. The summed E-state index contributed by atoms with van der Waals surface area (Å²) in [6, 6.07) is 9.27. The molecule has 1 aliphatic heterocycles. The number of amides is 1. The van der Waals surface area contributed by atoms with E-state index >= 15 is 0 Å². The van der Waals surface area contributed by atoms with Crippen LogP contribution in [0.5, 0.6) is 0 Å². The van der Waals surface area contributed by atoms with Gasteiger partial charge in [-0.1, -0.05) is 30.3 Å². The van der Waals surface area contributed by atoms with E-state index in [4.69, 9.17) is 4.74 Å². The Balaban J connectivity index is 1.62. The molecule has 1 saturated heterocycles. The second kappa shape index (κ2) is 6.49. The Kier molecular flexibility index (Phi) is 4.59. The number of nitrogens with zero attached hydrogens (tertiary/aromatic N) is 1. The summed E-state index contributed by atoms with van der Waals surface area (Å²) in [4.78, 5) is 14.0. The quantitative estimate of drug-likeness (QED) is 0.855. The van der Waals surface area contributed by atoms with Crippen molar-refractivity contribution in [2.75, 3.05) is 6.54 Å². The Labute approximate surface area is 136 Å². The van der Waals surface area contributed by atoms with Gasteiger partial charge in [0.2, 0.25) is 0 Å². The average molecular weight is 339 g/mol. The van der Waals surface area contributed by atoms with Gasteiger partial charge in [0.1, 0.15) is 6.61 Å². The van der Waals surface area contributed by atoms with Gasteiger partial charge in [-0.05, 0) is 37.2 Å². The third kappa shape index (κ3) is 3.67. The molecule has 0 bridgehead atoms. The molecule has 1 aliphatic carbocycles. The van der Waals surface area contributed by atoms with Crippen molar-refractivity contribution in [2.24, 2.45) is 5.92 Å². The zero-order chi connectivity index (χ0) is 16.4. The molecule has 1 amide bonds. The fourth-order valence-electron chi connectivity index (χ4n) is 3.66. The standard InChI is InChI=1S/C16H21NO5S/c18-16(22-11-12-4-2-1-3-5-12)17-9-8-13-6-7-14(10-15(13)17)23(19,20)21/h1-5,13-15H,6-11H2,(H,19,20,21). The van der Waals surface area contributed by atoms with E-state index in [9.17, 15) is 17.8 Å². The average Bonchev–Trinajstić information content (AvgIpc) is 2.96. The Morgan fingerprint density at radius 2 is 1.96 bits per heavy atom. The Bertz CT molecular complexity index is 660. The van der Waals surface area contributed by atoms with E-state index in [0.29, 0.717) is 25.3 Å². The van der Waals surface area contributed by atoms with Crippen LogP contribution in [-0.4, -0.2) is 41.8 Å². The minimum atomic E-state index is -4.05. The van der Waals surface area contributed by atoms with Crippen LogP contribution in [0.25, 0.3) is 0 Å². The minimum Gasteiger partial charge on any atom is -0.445 e. The highest BCUT2D eigenvalue weighted by Crippen LogP contribution is 2.38. The lowest BCUT2D eigenvalue weighted by molar-refractivity contribution is 0.0822. The van der Waals surface area contributed by atoms with Gasteiger partial charge in [-0.25, -0.2) is 4.79 Å².